The first kappa shape index (κ1) is 32.7. The van der Waals surface area contributed by atoms with Crippen molar-refractivity contribution in [2.24, 2.45) is 0 Å². The first-order valence-corrected chi connectivity index (χ1v) is 17.4. The number of fused-ring (bicyclic) bond motifs is 1. The molecule has 256 valence electrons. The van der Waals surface area contributed by atoms with Gasteiger partial charge in [0, 0.05) is 74.4 Å². The fourth-order valence-corrected chi connectivity index (χ4v) is 7.29. The zero-order chi connectivity index (χ0) is 33.2. The number of halogens is 2. The molecule has 1 atom stereocenters. The number of piperidine rings is 1. The Kier molecular flexibility index (Phi) is 9.77. The molecule has 7 rings (SSSR count). The summed E-state index contributed by atoms with van der Waals surface area (Å²) in [6, 6.07) is 6.87. The van der Waals surface area contributed by atoms with Gasteiger partial charge in [-0.2, -0.15) is 13.9 Å². The van der Waals surface area contributed by atoms with Crippen LogP contribution in [-0.4, -0.2) is 130 Å². The highest BCUT2D eigenvalue weighted by Crippen LogP contribution is 2.36. The molecule has 3 fully saturated rings. The van der Waals surface area contributed by atoms with E-state index in [1.165, 1.54) is 28.5 Å². The summed E-state index contributed by atoms with van der Waals surface area (Å²) in [6.07, 6.45) is 10.0. The van der Waals surface area contributed by atoms with Crippen molar-refractivity contribution in [3.63, 3.8) is 0 Å². The zero-order valence-corrected chi connectivity index (χ0v) is 27.5. The number of hydrogen-bond donors (Lipinski definition) is 2. The Hall–Kier alpha value is -3.83. The van der Waals surface area contributed by atoms with E-state index in [0.717, 1.165) is 57.1 Å². The van der Waals surface area contributed by atoms with Crippen LogP contribution in [0.3, 0.4) is 0 Å². The van der Waals surface area contributed by atoms with Crippen LogP contribution in [-0.2, 0) is 9.53 Å². The smallest absolute Gasteiger partial charge is 0.387 e. The lowest BCUT2D eigenvalue weighted by Crippen LogP contribution is -2.59. The third kappa shape index (κ3) is 6.98. The summed E-state index contributed by atoms with van der Waals surface area (Å²) in [7, 11) is 0. The van der Waals surface area contributed by atoms with Crippen molar-refractivity contribution in [1.82, 2.24) is 45.0 Å². The maximum absolute atomic E-state index is 13.6. The van der Waals surface area contributed by atoms with Gasteiger partial charge in [0.25, 0.3) is 5.91 Å². The number of hydrogen-bond acceptors (Lipinski definition) is 11. The van der Waals surface area contributed by atoms with Gasteiger partial charge >= 0.3 is 6.61 Å². The van der Waals surface area contributed by atoms with Gasteiger partial charge in [0.05, 0.1) is 37.2 Å². The number of likely N-dealkylation sites (tertiary alicyclic amines) is 1. The average Bonchev–Trinajstić information content (AvgIpc) is 3.68. The molecule has 1 unspecified atom stereocenters. The van der Waals surface area contributed by atoms with Crippen molar-refractivity contribution in [2.45, 2.75) is 42.5 Å². The number of benzene rings is 1. The number of nitrogens with zero attached hydrogens (tertiary/aromatic N) is 7. The number of ether oxygens (including phenoxy) is 2. The van der Waals surface area contributed by atoms with E-state index in [4.69, 9.17) is 9.47 Å². The fourth-order valence-electron chi connectivity index (χ4n) is 6.84. The number of alkyl halides is 2. The third-order valence-corrected chi connectivity index (χ3v) is 10.3. The second kappa shape index (κ2) is 14.3. The molecule has 2 amide bonds. The number of hydrazine groups is 1. The molecular weight excluding hydrogens is 644 g/mol. The lowest BCUT2D eigenvalue weighted by Gasteiger charge is -2.46. The minimum atomic E-state index is -3.04. The molecule has 6 heterocycles. The minimum Gasteiger partial charge on any atom is -0.434 e. The van der Waals surface area contributed by atoms with Gasteiger partial charge in [0.1, 0.15) is 17.9 Å². The van der Waals surface area contributed by atoms with Gasteiger partial charge in [-0.05, 0) is 43.4 Å². The largest absolute Gasteiger partial charge is 0.434 e. The summed E-state index contributed by atoms with van der Waals surface area (Å²) in [4.78, 5) is 39.1. The number of piperazine rings is 1. The number of rotatable bonds is 10. The molecule has 3 saturated heterocycles. The van der Waals surface area contributed by atoms with Crippen LogP contribution in [0.25, 0.3) is 5.65 Å². The predicted molar refractivity (Wildman–Crippen MR) is 173 cm³/mol. The van der Waals surface area contributed by atoms with E-state index >= 15 is 0 Å². The van der Waals surface area contributed by atoms with Gasteiger partial charge in [-0.25, -0.2) is 14.9 Å². The average molecular weight is 684 g/mol. The zero-order valence-electron chi connectivity index (χ0n) is 26.6. The first-order valence-electron chi connectivity index (χ1n) is 16.2. The molecule has 4 aliphatic rings. The Bertz CT molecular complexity index is 1660. The molecule has 0 bridgehead atoms. The number of carbonyl (C=O) groups is 2. The molecule has 4 aliphatic heterocycles. The Labute approximate surface area is 281 Å². The molecule has 3 aromatic rings. The standard InChI is InChI=1S/C32H39F2N9O4S/c1-48-23-3-4-27(47-32(33)34)24(15-23)29-26(37-31(45)25-16-36-43-8-2-7-35-30(25)43)17-42(38-29)18-28(44)41-9-5-21(6-10-41)39-11-13-40(14-12-39)22-19-46-20-22/h2-4,7-8,15-17,21-22,29,32,38H,5-6,9-14,18-20H2,1H3,(H,37,45). The second-order valence-electron chi connectivity index (χ2n) is 12.3. The minimum absolute atomic E-state index is 0.00576. The van der Waals surface area contributed by atoms with E-state index in [-0.39, 0.29) is 23.8 Å². The SMILES string of the molecule is CSc1ccc(OC(F)F)c(C2NN(CC(=O)N3CCC(N4CCN(C5COC5)CC4)CC3)C=C2NC(=O)c2cnn3cccnc23)c1. The number of aromatic nitrogens is 3. The number of nitrogens with one attached hydrogen (secondary N) is 2. The van der Waals surface area contributed by atoms with E-state index in [9.17, 15) is 18.4 Å². The molecule has 2 N–H and O–H groups in total. The fraction of sp³-hybridized carbons (Fsp3) is 0.500. The van der Waals surface area contributed by atoms with Crippen molar-refractivity contribution in [3.8, 4) is 5.75 Å². The molecule has 48 heavy (non-hydrogen) atoms. The summed E-state index contributed by atoms with van der Waals surface area (Å²) in [5.41, 5.74) is 4.63. The lowest BCUT2D eigenvalue weighted by molar-refractivity contribution is -0.134. The molecular formula is C32H39F2N9O4S. The van der Waals surface area contributed by atoms with E-state index in [1.807, 2.05) is 11.2 Å². The highest BCUT2D eigenvalue weighted by Gasteiger charge is 2.35. The van der Waals surface area contributed by atoms with Crippen LogP contribution in [0.2, 0.25) is 0 Å². The predicted octanol–water partition coefficient (Wildman–Crippen LogP) is 2.19. The maximum Gasteiger partial charge on any atom is 0.387 e. The van der Waals surface area contributed by atoms with Crippen molar-refractivity contribution in [2.75, 3.05) is 65.3 Å². The Morgan fingerprint density at radius 1 is 1.10 bits per heavy atom. The quantitative estimate of drug-likeness (QED) is 0.306. The summed E-state index contributed by atoms with van der Waals surface area (Å²) in [5, 5.41) is 8.72. The number of carbonyl (C=O) groups excluding carboxylic acids is 2. The van der Waals surface area contributed by atoms with Gasteiger partial charge in [0.2, 0.25) is 5.91 Å². The van der Waals surface area contributed by atoms with Crippen molar-refractivity contribution < 1.29 is 27.8 Å². The van der Waals surface area contributed by atoms with E-state index in [1.54, 1.807) is 41.8 Å². The number of amides is 2. The molecule has 13 nitrogen and oxygen atoms in total. The first-order chi connectivity index (χ1) is 23.4. The Morgan fingerprint density at radius 3 is 2.54 bits per heavy atom. The molecule has 16 heteroatoms. The monoisotopic (exact) mass is 683 g/mol. The van der Waals surface area contributed by atoms with Crippen LogP contribution in [0.1, 0.15) is 34.8 Å². The summed E-state index contributed by atoms with van der Waals surface area (Å²) in [6.45, 7) is 4.13. The molecule has 1 aromatic carbocycles. The molecule has 0 aliphatic carbocycles. The van der Waals surface area contributed by atoms with E-state index in [0.29, 0.717) is 42.1 Å². The third-order valence-electron chi connectivity index (χ3n) is 9.55. The second-order valence-corrected chi connectivity index (χ2v) is 13.2. The van der Waals surface area contributed by atoms with Gasteiger partial charge in [0.15, 0.2) is 5.65 Å². The van der Waals surface area contributed by atoms with E-state index in [2.05, 4.69) is 30.6 Å². The number of thioether (sulfide) groups is 1. The van der Waals surface area contributed by atoms with Crippen LogP contribution in [0.15, 0.2) is 59.6 Å². The van der Waals surface area contributed by atoms with Crippen LogP contribution in [0.4, 0.5) is 8.78 Å². The Morgan fingerprint density at radius 2 is 1.85 bits per heavy atom. The van der Waals surface area contributed by atoms with Crippen molar-refractivity contribution in [3.05, 3.63) is 65.9 Å². The normalized spacial score (nSPS) is 21.5. The topological polar surface area (TPSA) is 120 Å². The molecule has 0 spiro atoms. The summed E-state index contributed by atoms with van der Waals surface area (Å²) >= 11 is 1.45. The van der Waals surface area contributed by atoms with Gasteiger partial charge in [-0.15, -0.1) is 11.8 Å². The van der Waals surface area contributed by atoms with Crippen LogP contribution in [0.5, 0.6) is 5.75 Å². The van der Waals surface area contributed by atoms with E-state index < -0.39 is 18.6 Å². The van der Waals surface area contributed by atoms with Gasteiger partial charge in [-0.3, -0.25) is 19.4 Å². The van der Waals surface area contributed by atoms with Crippen molar-refractivity contribution >= 4 is 29.2 Å². The van der Waals surface area contributed by atoms with Crippen LogP contribution >= 0.6 is 11.8 Å². The van der Waals surface area contributed by atoms with Crippen LogP contribution < -0.4 is 15.5 Å². The lowest BCUT2D eigenvalue weighted by atomic mass is 10.0. The van der Waals surface area contributed by atoms with Gasteiger partial charge < -0.3 is 24.7 Å². The highest BCUT2D eigenvalue weighted by atomic mass is 32.2. The van der Waals surface area contributed by atoms with Crippen molar-refractivity contribution in [1.29, 1.82) is 0 Å². The molecule has 0 radical (unpaired) electrons. The highest BCUT2D eigenvalue weighted by molar-refractivity contribution is 7.98. The summed E-state index contributed by atoms with van der Waals surface area (Å²) in [5.74, 6) is -0.571. The van der Waals surface area contributed by atoms with Gasteiger partial charge in [-0.1, -0.05) is 0 Å². The van der Waals surface area contributed by atoms with Crippen LogP contribution in [0, 0.1) is 0 Å². The summed E-state index contributed by atoms with van der Waals surface area (Å²) < 4.78 is 38.7. The maximum atomic E-state index is 13.6. The molecule has 2 aromatic heterocycles. The Balaban J connectivity index is 1.04. The molecule has 0 saturated carbocycles.